The Bertz CT molecular complexity index is 716. The molecule has 1 N–H and O–H groups in total. The zero-order chi connectivity index (χ0) is 20.4. The Morgan fingerprint density at radius 1 is 1.07 bits per heavy atom. The van der Waals surface area contributed by atoms with Crippen LogP contribution in [0.25, 0.3) is 0 Å². The minimum atomic E-state index is 0.0287. The number of carbonyl (C=O) groups excluding carboxylic acids is 2. The fourth-order valence-electron chi connectivity index (χ4n) is 4.72. The van der Waals surface area contributed by atoms with E-state index in [1.165, 1.54) is 19.3 Å². The molecular formula is C22H34N4O2S. The van der Waals surface area contributed by atoms with E-state index in [0.29, 0.717) is 23.7 Å². The highest BCUT2D eigenvalue weighted by Crippen LogP contribution is 2.36. The minimum absolute atomic E-state index is 0.0287. The van der Waals surface area contributed by atoms with Gasteiger partial charge >= 0.3 is 6.03 Å². The van der Waals surface area contributed by atoms with Gasteiger partial charge in [-0.1, -0.05) is 19.3 Å². The van der Waals surface area contributed by atoms with Crippen LogP contribution in [0.1, 0.15) is 93.0 Å². The number of aromatic nitrogens is 1. The van der Waals surface area contributed by atoms with Crippen molar-refractivity contribution in [2.45, 2.75) is 95.7 Å². The first-order valence-electron chi connectivity index (χ1n) is 11.4. The Hall–Kier alpha value is -1.63. The first-order chi connectivity index (χ1) is 14.0. The summed E-state index contributed by atoms with van der Waals surface area (Å²) in [6.45, 7) is 5.47. The third-order valence-corrected chi connectivity index (χ3v) is 7.43. The smallest absolute Gasteiger partial charge is 0.317 e. The fourth-order valence-corrected chi connectivity index (χ4v) is 5.68. The van der Waals surface area contributed by atoms with Crippen LogP contribution in [0, 0.1) is 0 Å². The van der Waals surface area contributed by atoms with Crippen LogP contribution in [0.2, 0.25) is 0 Å². The molecule has 0 aromatic carbocycles. The quantitative estimate of drug-likeness (QED) is 0.772. The van der Waals surface area contributed by atoms with Crippen LogP contribution in [0.4, 0.5) is 4.79 Å². The summed E-state index contributed by atoms with van der Waals surface area (Å²) in [7, 11) is 0. The van der Waals surface area contributed by atoms with Crippen molar-refractivity contribution in [3.05, 3.63) is 16.1 Å². The maximum atomic E-state index is 13.3. The summed E-state index contributed by atoms with van der Waals surface area (Å²) in [5, 5.41) is 6.00. The number of amides is 3. The van der Waals surface area contributed by atoms with E-state index in [0.717, 1.165) is 56.6 Å². The van der Waals surface area contributed by atoms with Crippen molar-refractivity contribution < 1.29 is 9.59 Å². The van der Waals surface area contributed by atoms with Gasteiger partial charge in [0.05, 0.1) is 5.01 Å². The number of piperidine rings is 1. The van der Waals surface area contributed by atoms with Gasteiger partial charge < -0.3 is 15.1 Å². The predicted octanol–water partition coefficient (Wildman–Crippen LogP) is 4.38. The number of hydrogen-bond donors (Lipinski definition) is 1. The van der Waals surface area contributed by atoms with Gasteiger partial charge in [-0.15, -0.1) is 11.3 Å². The maximum absolute atomic E-state index is 13.3. The standard InChI is InChI=1S/C22H34N4O2S/c1-15(2)23-22(28)25-12-10-16(11-13-25)20-24-19(14-29-20)21(27)26(18-8-9-18)17-6-4-3-5-7-17/h14-18H,3-13H2,1-2H3,(H,23,28). The fraction of sp³-hybridized carbons (Fsp3) is 0.773. The molecule has 2 saturated carbocycles. The molecule has 3 fully saturated rings. The molecule has 160 valence electrons. The zero-order valence-electron chi connectivity index (χ0n) is 17.7. The molecule has 0 unspecified atom stereocenters. The number of carbonyl (C=O) groups is 2. The summed E-state index contributed by atoms with van der Waals surface area (Å²) in [5.74, 6) is 0.504. The summed E-state index contributed by atoms with van der Waals surface area (Å²) in [6.07, 6.45) is 10.2. The van der Waals surface area contributed by atoms with Gasteiger partial charge in [-0.05, 0) is 52.4 Å². The number of nitrogens with zero attached hydrogens (tertiary/aromatic N) is 3. The second kappa shape index (κ2) is 9.02. The van der Waals surface area contributed by atoms with E-state index in [9.17, 15) is 9.59 Å². The number of rotatable bonds is 5. The van der Waals surface area contributed by atoms with E-state index in [1.54, 1.807) is 11.3 Å². The van der Waals surface area contributed by atoms with Crippen molar-refractivity contribution in [2.75, 3.05) is 13.1 Å². The van der Waals surface area contributed by atoms with Gasteiger partial charge in [0.15, 0.2) is 0 Å². The highest BCUT2D eigenvalue weighted by atomic mass is 32.1. The molecule has 0 radical (unpaired) electrons. The highest BCUT2D eigenvalue weighted by molar-refractivity contribution is 7.09. The van der Waals surface area contributed by atoms with Crippen molar-refractivity contribution in [3.8, 4) is 0 Å². The number of nitrogens with one attached hydrogen (secondary N) is 1. The van der Waals surface area contributed by atoms with Crippen LogP contribution in [0.15, 0.2) is 5.38 Å². The molecule has 2 heterocycles. The van der Waals surface area contributed by atoms with Gasteiger partial charge in [-0.2, -0.15) is 0 Å². The third kappa shape index (κ3) is 4.93. The molecule has 1 aromatic heterocycles. The summed E-state index contributed by atoms with van der Waals surface area (Å²) in [6, 6.07) is 1.04. The largest absolute Gasteiger partial charge is 0.336 e. The Morgan fingerprint density at radius 3 is 2.34 bits per heavy atom. The molecule has 1 aromatic rings. The van der Waals surface area contributed by atoms with E-state index in [2.05, 4.69) is 10.2 Å². The normalized spacial score (nSPS) is 21.4. The molecule has 0 bridgehead atoms. The Kier molecular flexibility index (Phi) is 6.42. The van der Waals surface area contributed by atoms with Gasteiger partial charge in [0.1, 0.15) is 5.69 Å². The molecule has 7 heteroatoms. The summed E-state index contributed by atoms with van der Waals surface area (Å²) >= 11 is 1.62. The van der Waals surface area contributed by atoms with Crippen molar-refractivity contribution in [3.63, 3.8) is 0 Å². The average molecular weight is 419 g/mol. The van der Waals surface area contributed by atoms with Crippen LogP contribution in [0.3, 0.4) is 0 Å². The zero-order valence-corrected chi connectivity index (χ0v) is 18.5. The lowest BCUT2D eigenvalue weighted by Crippen LogP contribution is -2.46. The summed E-state index contributed by atoms with van der Waals surface area (Å²) < 4.78 is 0. The van der Waals surface area contributed by atoms with Gasteiger partial charge in [0.25, 0.3) is 5.91 Å². The highest BCUT2D eigenvalue weighted by Gasteiger charge is 2.39. The number of urea groups is 1. The monoisotopic (exact) mass is 418 g/mol. The number of hydrogen-bond acceptors (Lipinski definition) is 4. The van der Waals surface area contributed by atoms with Crippen LogP contribution < -0.4 is 5.32 Å². The molecule has 3 aliphatic rings. The molecule has 4 rings (SSSR count). The van der Waals surface area contributed by atoms with E-state index in [1.807, 2.05) is 24.1 Å². The van der Waals surface area contributed by atoms with Crippen LogP contribution in [-0.2, 0) is 0 Å². The predicted molar refractivity (Wildman–Crippen MR) is 115 cm³/mol. The van der Waals surface area contributed by atoms with Gasteiger partial charge in [-0.25, -0.2) is 9.78 Å². The lowest BCUT2D eigenvalue weighted by Gasteiger charge is -2.34. The molecule has 2 aliphatic carbocycles. The van der Waals surface area contributed by atoms with E-state index >= 15 is 0 Å². The molecule has 29 heavy (non-hydrogen) atoms. The van der Waals surface area contributed by atoms with E-state index < -0.39 is 0 Å². The van der Waals surface area contributed by atoms with Crippen molar-refractivity contribution >= 4 is 23.3 Å². The first-order valence-corrected chi connectivity index (χ1v) is 12.2. The average Bonchev–Trinajstić information content (AvgIpc) is 3.42. The minimum Gasteiger partial charge on any atom is -0.336 e. The van der Waals surface area contributed by atoms with E-state index in [4.69, 9.17) is 4.98 Å². The van der Waals surface area contributed by atoms with Crippen LogP contribution in [-0.4, -0.2) is 57.9 Å². The molecule has 1 aliphatic heterocycles. The van der Waals surface area contributed by atoms with Gasteiger partial charge in [0.2, 0.25) is 0 Å². The topological polar surface area (TPSA) is 65.5 Å². The Labute approximate surface area is 178 Å². The van der Waals surface area contributed by atoms with E-state index in [-0.39, 0.29) is 18.0 Å². The van der Waals surface area contributed by atoms with Crippen LogP contribution >= 0.6 is 11.3 Å². The lowest BCUT2D eigenvalue weighted by atomic mass is 9.94. The Morgan fingerprint density at radius 2 is 1.72 bits per heavy atom. The molecule has 3 amide bonds. The number of thiazole rings is 1. The third-order valence-electron chi connectivity index (χ3n) is 6.43. The van der Waals surface area contributed by atoms with Crippen molar-refractivity contribution in [1.29, 1.82) is 0 Å². The lowest BCUT2D eigenvalue weighted by molar-refractivity contribution is 0.0608. The second-order valence-electron chi connectivity index (χ2n) is 9.17. The van der Waals surface area contributed by atoms with Crippen LogP contribution in [0.5, 0.6) is 0 Å². The van der Waals surface area contributed by atoms with Crippen molar-refractivity contribution in [1.82, 2.24) is 20.1 Å². The number of likely N-dealkylation sites (tertiary alicyclic amines) is 1. The van der Waals surface area contributed by atoms with Gasteiger partial charge in [0, 0.05) is 42.5 Å². The molecular weight excluding hydrogens is 384 g/mol. The summed E-state index contributed by atoms with van der Waals surface area (Å²) in [4.78, 5) is 34.3. The molecule has 1 saturated heterocycles. The summed E-state index contributed by atoms with van der Waals surface area (Å²) in [5.41, 5.74) is 0.641. The second-order valence-corrected chi connectivity index (χ2v) is 10.1. The van der Waals surface area contributed by atoms with Crippen molar-refractivity contribution in [2.24, 2.45) is 0 Å². The first kappa shape index (κ1) is 20.6. The SMILES string of the molecule is CC(C)NC(=O)N1CCC(c2nc(C(=O)N(C3CCCCC3)C3CC3)cs2)CC1. The molecule has 0 spiro atoms. The maximum Gasteiger partial charge on any atom is 0.317 e. The van der Waals surface area contributed by atoms with Gasteiger partial charge in [-0.3, -0.25) is 4.79 Å². The molecule has 0 atom stereocenters. The molecule has 6 nitrogen and oxygen atoms in total. The Balaban J connectivity index is 1.37.